The predicted molar refractivity (Wildman–Crippen MR) is 267 cm³/mol. The zero-order valence-corrected chi connectivity index (χ0v) is 39.1. The molecular weight excluding hydrogens is 873 g/mol. The molecule has 3 saturated heterocycles. The van der Waals surface area contributed by atoms with E-state index in [1.807, 2.05) is 24.3 Å². The highest BCUT2D eigenvalue weighted by Gasteiger charge is 2.44. The van der Waals surface area contributed by atoms with E-state index in [-0.39, 0.29) is 0 Å². The van der Waals surface area contributed by atoms with Gasteiger partial charge in [-0.25, -0.2) is 9.67 Å². The van der Waals surface area contributed by atoms with Crippen molar-refractivity contribution in [1.29, 1.82) is 0 Å². The summed E-state index contributed by atoms with van der Waals surface area (Å²) in [6, 6.07) is 40.8. The van der Waals surface area contributed by atoms with Crippen LogP contribution in [0.3, 0.4) is 0 Å². The molecule has 3 aliphatic heterocycles. The van der Waals surface area contributed by atoms with Gasteiger partial charge in [-0.3, -0.25) is 4.57 Å². The van der Waals surface area contributed by atoms with Crippen molar-refractivity contribution in [3.8, 4) is 45.3 Å². The monoisotopic (exact) mass is 930 g/mol. The van der Waals surface area contributed by atoms with Crippen molar-refractivity contribution >= 4 is 33.2 Å². The molecule has 0 aliphatic carbocycles. The van der Waals surface area contributed by atoms with E-state index in [1.54, 1.807) is 13.3 Å². The third-order valence-electron chi connectivity index (χ3n) is 14.3. The van der Waals surface area contributed by atoms with Crippen LogP contribution in [-0.2, 0) is 11.3 Å². The standard InChI is InChI=1S/C53H58N10O6/c1-57-22-26-59(27-23-57)38-13-8-34(9-14-38)47-48(35-10-15-39(16-11-35)60-28-24-58(2)25-29-60)63(40-17-19-41(68-3)20-18-40)52(54-47)36-12-21-45-43(30-36)42-6-4-5-7-44(42)61(45)31-37-32-62(56-55-37)53-51(67)50(66)49(65)46(33-64)69-53/h4-21,30,32,46,49-51,53,64-67H,22-29,31,33H2,1-3H3/t46-,49+,50+,51-,53-/m1/s1. The second-order valence-corrected chi connectivity index (χ2v) is 18.6. The number of benzene rings is 5. The molecule has 16 heteroatoms. The van der Waals surface area contributed by atoms with Crippen LogP contribution in [-0.4, -0.2) is 164 Å². The molecule has 0 saturated carbocycles. The van der Waals surface area contributed by atoms with Gasteiger partial charge < -0.3 is 54.1 Å². The molecule has 69 heavy (non-hydrogen) atoms. The molecule has 0 amide bonds. The van der Waals surface area contributed by atoms with E-state index in [1.165, 1.54) is 16.1 Å². The van der Waals surface area contributed by atoms with Gasteiger partial charge in [-0.15, -0.1) is 5.10 Å². The van der Waals surface area contributed by atoms with E-state index in [4.69, 9.17) is 14.5 Å². The molecule has 6 heterocycles. The number of methoxy groups -OCH3 is 1. The molecule has 4 N–H and O–H groups in total. The van der Waals surface area contributed by atoms with Crippen LogP contribution in [0.4, 0.5) is 11.4 Å². The fraction of sp³-hybridized carbons (Fsp3) is 0.340. The number of para-hydroxylation sites is 1. The number of aliphatic hydroxyl groups is 4. The normalized spacial score (nSPS) is 21.7. The summed E-state index contributed by atoms with van der Waals surface area (Å²) in [5.74, 6) is 1.55. The molecule has 5 atom stereocenters. The van der Waals surface area contributed by atoms with Crippen LogP contribution in [0.15, 0.2) is 121 Å². The minimum Gasteiger partial charge on any atom is -0.497 e. The van der Waals surface area contributed by atoms with Gasteiger partial charge >= 0.3 is 0 Å². The molecule has 0 bridgehead atoms. The Balaban J connectivity index is 1.03. The lowest BCUT2D eigenvalue weighted by Crippen LogP contribution is -2.56. The number of aromatic nitrogens is 6. The van der Waals surface area contributed by atoms with Crippen LogP contribution in [0, 0.1) is 0 Å². The van der Waals surface area contributed by atoms with Crippen molar-refractivity contribution in [3.63, 3.8) is 0 Å². The van der Waals surface area contributed by atoms with Gasteiger partial charge in [0.25, 0.3) is 0 Å². The molecule has 0 radical (unpaired) electrons. The Hall–Kier alpha value is -6.63. The Morgan fingerprint density at radius 3 is 1.87 bits per heavy atom. The van der Waals surface area contributed by atoms with Crippen molar-refractivity contribution in [2.24, 2.45) is 0 Å². The number of hydrogen-bond donors (Lipinski definition) is 4. The van der Waals surface area contributed by atoms with Gasteiger partial charge in [0, 0.05) is 108 Å². The van der Waals surface area contributed by atoms with Crippen LogP contribution >= 0.6 is 0 Å². The first-order valence-electron chi connectivity index (χ1n) is 23.7. The first-order chi connectivity index (χ1) is 33.6. The van der Waals surface area contributed by atoms with Crippen molar-refractivity contribution in [1.82, 2.24) is 38.9 Å². The number of aliphatic hydroxyl groups excluding tert-OH is 4. The third kappa shape index (κ3) is 8.41. The van der Waals surface area contributed by atoms with E-state index in [0.29, 0.717) is 12.2 Å². The fourth-order valence-electron chi connectivity index (χ4n) is 10.2. The molecule has 3 aromatic heterocycles. The van der Waals surface area contributed by atoms with Crippen molar-refractivity contribution in [2.45, 2.75) is 37.2 Å². The Bertz CT molecular complexity index is 3060. The number of ether oxygens (including phenoxy) is 2. The van der Waals surface area contributed by atoms with E-state index >= 15 is 0 Å². The van der Waals surface area contributed by atoms with Gasteiger partial charge in [0.05, 0.1) is 37.8 Å². The Kier molecular flexibility index (Phi) is 12.2. The number of hydrogen-bond acceptors (Lipinski definition) is 13. The zero-order valence-electron chi connectivity index (χ0n) is 39.1. The number of imidazole rings is 1. The number of rotatable bonds is 11. The lowest BCUT2D eigenvalue weighted by Gasteiger charge is -2.39. The van der Waals surface area contributed by atoms with Crippen molar-refractivity contribution in [3.05, 3.63) is 127 Å². The summed E-state index contributed by atoms with van der Waals surface area (Å²) in [7, 11) is 6.04. The highest BCUT2D eigenvalue weighted by molar-refractivity contribution is 6.09. The summed E-state index contributed by atoms with van der Waals surface area (Å²) in [4.78, 5) is 15.3. The number of fused-ring (bicyclic) bond motifs is 3. The van der Waals surface area contributed by atoms with Crippen LogP contribution in [0.1, 0.15) is 11.9 Å². The number of anilines is 2. The van der Waals surface area contributed by atoms with E-state index in [2.05, 4.69) is 144 Å². The van der Waals surface area contributed by atoms with Crippen LogP contribution in [0.5, 0.6) is 5.75 Å². The first-order valence-corrected chi connectivity index (χ1v) is 23.7. The molecule has 356 valence electrons. The molecule has 16 nitrogen and oxygen atoms in total. The number of nitrogens with zero attached hydrogens (tertiary/aromatic N) is 10. The maximum atomic E-state index is 10.8. The summed E-state index contributed by atoms with van der Waals surface area (Å²) in [6.07, 6.45) is -5.06. The SMILES string of the molecule is COc1ccc(-n2c(-c3ccc4c(c3)c3ccccc3n4Cc3cn([C@@H]4O[C@H](CO)[C@H](O)[C@H](O)[C@H]4O)nn3)nc(-c3ccc(N4CCN(C)CC4)cc3)c2-c2ccc(N3CCN(C)CC3)cc2)cc1. The molecule has 0 spiro atoms. The largest absolute Gasteiger partial charge is 0.497 e. The molecular formula is C53H58N10O6. The van der Waals surface area contributed by atoms with Gasteiger partial charge in [-0.05, 0) is 86.9 Å². The first kappa shape index (κ1) is 44.9. The highest BCUT2D eigenvalue weighted by atomic mass is 16.6. The van der Waals surface area contributed by atoms with Gasteiger partial charge in [-0.1, -0.05) is 47.7 Å². The van der Waals surface area contributed by atoms with Crippen molar-refractivity contribution < 1.29 is 29.9 Å². The highest BCUT2D eigenvalue weighted by Crippen LogP contribution is 2.42. The maximum absolute atomic E-state index is 10.8. The van der Waals surface area contributed by atoms with Gasteiger partial charge in [-0.2, -0.15) is 0 Å². The third-order valence-corrected chi connectivity index (χ3v) is 14.3. The summed E-state index contributed by atoms with van der Waals surface area (Å²) in [6.45, 7) is 7.85. The zero-order chi connectivity index (χ0) is 47.3. The minimum absolute atomic E-state index is 0.337. The average molecular weight is 931 g/mol. The summed E-state index contributed by atoms with van der Waals surface area (Å²) in [5, 5.41) is 52.2. The number of likely N-dealkylation sites (N-methyl/N-ethyl adjacent to an activating group) is 2. The quantitative estimate of drug-likeness (QED) is 0.136. The Morgan fingerprint density at radius 1 is 0.638 bits per heavy atom. The second kappa shape index (κ2) is 18.7. The topological polar surface area (TPSA) is 166 Å². The van der Waals surface area contributed by atoms with E-state index in [0.717, 1.165) is 120 Å². The van der Waals surface area contributed by atoms with Gasteiger partial charge in [0.2, 0.25) is 0 Å². The van der Waals surface area contributed by atoms with Gasteiger partial charge in [0.15, 0.2) is 6.23 Å². The van der Waals surface area contributed by atoms with Crippen LogP contribution in [0.2, 0.25) is 0 Å². The van der Waals surface area contributed by atoms with E-state index < -0.39 is 37.3 Å². The van der Waals surface area contributed by atoms with Crippen molar-refractivity contribution in [2.75, 3.05) is 90.0 Å². The minimum atomic E-state index is -1.53. The van der Waals surface area contributed by atoms with E-state index in [9.17, 15) is 20.4 Å². The van der Waals surface area contributed by atoms with Crippen LogP contribution < -0.4 is 14.5 Å². The number of piperazine rings is 2. The lowest BCUT2D eigenvalue weighted by atomic mass is 9.98. The molecule has 0 unspecified atom stereocenters. The summed E-state index contributed by atoms with van der Waals surface area (Å²) in [5.41, 5.74) is 10.8. The summed E-state index contributed by atoms with van der Waals surface area (Å²) >= 11 is 0. The van der Waals surface area contributed by atoms with Gasteiger partial charge in [0.1, 0.15) is 41.7 Å². The Morgan fingerprint density at radius 2 is 1.23 bits per heavy atom. The van der Waals surface area contributed by atoms with Crippen LogP contribution in [0.25, 0.3) is 61.4 Å². The average Bonchev–Trinajstić information content (AvgIpc) is 4.11. The fourth-order valence-corrected chi connectivity index (χ4v) is 10.2. The molecule has 11 rings (SSSR count). The smallest absolute Gasteiger partial charge is 0.180 e. The molecule has 8 aromatic rings. The molecule has 3 fully saturated rings. The molecule has 5 aromatic carbocycles. The second-order valence-electron chi connectivity index (χ2n) is 18.6. The molecule has 3 aliphatic rings. The summed E-state index contributed by atoms with van der Waals surface area (Å²) < 4.78 is 17.2. The predicted octanol–water partition coefficient (Wildman–Crippen LogP) is 5.11. The Labute approximate surface area is 400 Å². The maximum Gasteiger partial charge on any atom is 0.180 e. The lowest BCUT2D eigenvalue weighted by molar-refractivity contribution is -0.254.